The van der Waals surface area contributed by atoms with Crippen LogP contribution >= 0.6 is 0 Å². The molecule has 0 radical (unpaired) electrons. The van der Waals surface area contributed by atoms with E-state index in [1.165, 1.54) is 24.1 Å². The smallest absolute Gasteiger partial charge is 0.102 e. The molecule has 86 valence electrons. The number of rotatable bonds is 4. The molecule has 0 unspecified atom stereocenters. The van der Waals surface area contributed by atoms with Crippen molar-refractivity contribution >= 4 is 6.21 Å². The van der Waals surface area contributed by atoms with Gasteiger partial charge in [-0.1, -0.05) is 30.3 Å². The van der Waals surface area contributed by atoms with Gasteiger partial charge in [-0.15, -0.1) is 0 Å². The van der Waals surface area contributed by atoms with Gasteiger partial charge in [0.05, 0.1) is 12.9 Å². The standard InChI is InChI=1S/C14H15N3/c1-2-4-11(5-3-1)8-15-9-13-14(12-6-7-12)17-10-16-13/h1-5,9-10,12H,6-8H2,(H,16,17). The van der Waals surface area contributed by atoms with Gasteiger partial charge in [-0.3, -0.25) is 4.99 Å². The van der Waals surface area contributed by atoms with Crippen LogP contribution < -0.4 is 0 Å². The number of imidazole rings is 1. The molecule has 1 N–H and O–H groups in total. The van der Waals surface area contributed by atoms with Gasteiger partial charge in [-0.05, 0) is 18.4 Å². The van der Waals surface area contributed by atoms with Crippen LogP contribution in [0.5, 0.6) is 0 Å². The molecule has 3 heteroatoms. The molecule has 17 heavy (non-hydrogen) atoms. The third-order valence-corrected chi connectivity index (χ3v) is 3.02. The van der Waals surface area contributed by atoms with Crippen molar-refractivity contribution in [3.8, 4) is 0 Å². The van der Waals surface area contributed by atoms with Crippen molar-refractivity contribution < 1.29 is 0 Å². The molecule has 1 saturated carbocycles. The lowest BCUT2D eigenvalue weighted by Crippen LogP contribution is -1.90. The Morgan fingerprint density at radius 1 is 1.29 bits per heavy atom. The van der Waals surface area contributed by atoms with E-state index in [0.29, 0.717) is 5.92 Å². The molecule has 0 saturated heterocycles. The first-order valence-corrected chi connectivity index (χ1v) is 6.00. The van der Waals surface area contributed by atoms with E-state index >= 15 is 0 Å². The Bertz CT molecular complexity index is 509. The minimum Gasteiger partial charge on any atom is -0.348 e. The van der Waals surface area contributed by atoms with Crippen LogP contribution in [-0.2, 0) is 6.54 Å². The van der Waals surface area contributed by atoms with Gasteiger partial charge < -0.3 is 4.98 Å². The van der Waals surface area contributed by atoms with E-state index in [1.54, 1.807) is 6.33 Å². The van der Waals surface area contributed by atoms with Crippen molar-refractivity contribution in [3.05, 3.63) is 53.6 Å². The number of aromatic nitrogens is 2. The first-order chi connectivity index (χ1) is 8.43. The van der Waals surface area contributed by atoms with E-state index in [1.807, 2.05) is 24.4 Å². The Morgan fingerprint density at radius 3 is 2.88 bits per heavy atom. The van der Waals surface area contributed by atoms with Crippen LogP contribution in [0, 0.1) is 0 Å². The number of H-pyrrole nitrogens is 1. The summed E-state index contributed by atoms with van der Waals surface area (Å²) in [7, 11) is 0. The number of aromatic amines is 1. The monoisotopic (exact) mass is 225 g/mol. The quantitative estimate of drug-likeness (QED) is 0.798. The van der Waals surface area contributed by atoms with E-state index in [9.17, 15) is 0 Å². The van der Waals surface area contributed by atoms with Crippen LogP contribution in [0.4, 0.5) is 0 Å². The minimum absolute atomic E-state index is 0.690. The van der Waals surface area contributed by atoms with Crippen molar-refractivity contribution in [3.63, 3.8) is 0 Å². The summed E-state index contributed by atoms with van der Waals surface area (Å²) in [5.41, 5.74) is 3.48. The van der Waals surface area contributed by atoms with Crippen LogP contribution in [0.1, 0.15) is 35.7 Å². The van der Waals surface area contributed by atoms with E-state index < -0.39 is 0 Å². The fraction of sp³-hybridized carbons (Fsp3) is 0.286. The highest BCUT2D eigenvalue weighted by Gasteiger charge is 2.27. The molecule has 1 aliphatic carbocycles. The first-order valence-electron chi connectivity index (χ1n) is 6.00. The van der Waals surface area contributed by atoms with Gasteiger partial charge in [0.25, 0.3) is 0 Å². The summed E-state index contributed by atoms with van der Waals surface area (Å²) in [4.78, 5) is 12.0. The summed E-state index contributed by atoms with van der Waals surface area (Å²) in [6.45, 7) is 0.720. The predicted octanol–water partition coefficient (Wildman–Crippen LogP) is 2.91. The molecule has 0 bridgehead atoms. The van der Waals surface area contributed by atoms with E-state index in [0.717, 1.165) is 12.2 Å². The molecule has 3 nitrogen and oxygen atoms in total. The summed E-state index contributed by atoms with van der Waals surface area (Å²) in [6, 6.07) is 10.3. The average Bonchev–Trinajstić information content (AvgIpc) is 3.11. The van der Waals surface area contributed by atoms with Gasteiger partial charge in [0, 0.05) is 17.8 Å². The number of nitrogens with one attached hydrogen (secondary N) is 1. The van der Waals surface area contributed by atoms with Crippen LogP contribution in [0.2, 0.25) is 0 Å². The molecule has 1 heterocycles. The zero-order chi connectivity index (χ0) is 11.5. The van der Waals surface area contributed by atoms with Crippen molar-refractivity contribution in [1.82, 2.24) is 9.97 Å². The van der Waals surface area contributed by atoms with Crippen molar-refractivity contribution in [2.75, 3.05) is 0 Å². The molecule has 1 aliphatic rings. The lowest BCUT2D eigenvalue weighted by molar-refractivity contribution is 1.04. The third kappa shape index (κ3) is 2.44. The summed E-state index contributed by atoms with van der Waals surface area (Å²) >= 11 is 0. The molecule has 3 rings (SSSR count). The maximum Gasteiger partial charge on any atom is 0.102 e. The molecular formula is C14H15N3. The summed E-state index contributed by atoms with van der Waals surface area (Å²) in [5.74, 6) is 0.690. The second-order valence-corrected chi connectivity index (χ2v) is 4.43. The maximum absolute atomic E-state index is 4.45. The van der Waals surface area contributed by atoms with E-state index in [2.05, 4.69) is 27.1 Å². The summed E-state index contributed by atoms with van der Waals surface area (Å²) < 4.78 is 0. The second kappa shape index (κ2) is 4.53. The largest absolute Gasteiger partial charge is 0.348 e. The van der Waals surface area contributed by atoms with E-state index in [4.69, 9.17) is 0 Å². The average molecular weight is 225 g/mol. The van der Waals surface area contributed by atoms with Gasteiger partial charge in [0.1, 0.15) is 5.69 Å². The number of hydrogen-bond acceptors (Lipinski definition) is 2. The zero-order valence-electron chi connectivity index (χ0n) is 9.63. The highest BCUT2D eigenvalue weighted by molar-refractivity contribution is 5.78. The van der Waals surface area contributed by atoms with Gasteiger partial charge in [0.2, 0.25) is 0 Å². The van der Waals surface area contributed by atoms with Crippen molar-refractivity contribution in [1.29, 1.82) is 0 Å². The van der Waals surface area contributed by atoms with Gasteiger partial charge in [-0.2, -0.15) is 0 Å². The maximum atomic E-state index is 4.45. The number of hydrogen-bond donors (Lipinski definition) is 1. The molecule has 0 spiro atoms. The number of aliphatic imine (C=N–C) groups is 1. The highest BCUT2D eigenvalue weighted by atomic mass is 14.9. The molecule has 1 aromatic carbocycles. The summed E-state index contributed by atoms with van der Waals surface area (Å²) in [6.07, 6.45) is 6.21. The lowest BCUT2D eigenvalue weighted by Gasteiger charge is -1.95. The third-order valence-electron chi connectivity index (χ3n) is 3.02. The van der Waals surface area contributed by atoms with Crippen molar-refractivity contribution in [2.45, 2.75) is 25.3 Å². The second-order valence-electron chi connectivity index (χ2n) is 4.43. The lowest BCUT2D eigenvalue weighted by atomic mass is 10.2. The Labute approximate surface area is 101 Å². The van der Waals surface area contributed by atoms with Gasteiger partial charge in [0.15, 0.2) is 0 Å². The fourth-order valence-corrected chi connectivity index (χ4v) is 1.94. The number of benzene rings is 1. The van der Waals surface area contributed by atoms with Crippen LogP contribution in [0.3, 0.4) is 0 Å². The Kier molecular flexibility index (Phi) is 2.74. The fourth-order valence-electron chi connectivity index (χ4n) is 1.94. The Hall–Kier alpha value is -1.90. The van der Waals surface area contributed by atoms with Crippen LogP contribution in [0.25, 0.3) is 0 Å². The Balaban J connectivity index is 1.68. The number of nitrogens with zero attached hydrogens (tertiary/aromatic N) is 2. The minimum atomic E-state index is 0.690. The van der Waals surface area contributed by atoms with Crippen LogP contribution in [0.15, 0.2) is 41.7 Å². The van der Waals surface area contributed by atoms with Gasteiger partial charge in [-0.25, -0.2) is 4.98 Å². The summed E-state index contributed by atoms with van der Waals surface area (Å²) in [5, 5.41) is 0. The molecule has 2 aromatic rings. The molecule has 0 amide bonds. The SMILES string of the molecule is C(=NCc1ccccc1)c1nc[nH]c1C1CC1. The topological polar surface area (TPSA) is 41.0 Å². The normalized spacial score (nSPS) is 15.5. The molecular weight excluding hydrogens is 210 g/mol. The predicted molar refractivity (Wildman–Crippen MR) is 68.3 cm³/mol. The van der Waals surface area contributed by atoms with E-state index in [-0.39, 0.29) is 0 Å². The highest BCUT2D eigenvalue weighted by Crippen LogP contribution is 2.39. The van der Waals surface area contributed by atoms with Crippen LogP contribution in [-0.4, -0.2) is 16.2 Å². The molecule has 0 aliphatic heterocycles. The first kappa shape index (κ1) is 10.3. The Morgan fingerprint density at radius 2 is 2.12 bits per heavy atom. The molecule has 1 aromatic heterocycles. The molecule has 0 atom stereocenters. The molecule has 1 fully saturated rings. The van der Waals surface area contributed by atoms with Crippen molar-refractivity contribution in [2.24, 2.45) is 4.99 Å². The van der Waals surface area contributed by atoms with Gasteiger partial charge >= 0.3 is 0 Å². The zero-order valence-corrected chi connectivity index (χ0v) is 9.63.